The SMILES string of the molecule is COc1ccc([C@H](C)O)c(OCc2nc(C)no2)c1. The van der Waals surface area contributed by atoms with E-state index < -0.39 is 6.10 Å². The summed E-state index contributed by atoms with van der Waals surface area (Å²) in [6, 6.07) is 5.24. The maximum Gasteiger partial charge on any atom is 0.264 e. The fourth-order valence-electron chi connectivity index (χ4n) is 1.65. The number of hydrogen-bond donors (Lipinski definition) is 1. The molecule has 1 heterocycles. The average Bonchev–Trinajstić information content (AvgIpc) is 2.81. The molecule has 102 valence electrons. The van der Waals surface area contributed by atoms with Crippen molar-refractivity contribution in [2.45, 2.75) is 26.6 Å². The number of aliphatic hydroxyl groups is 1. The highest BCUT2D eigenvalue weighted by molar-refractivity contribution is 5.41. The van der Waals surface area contributed by atoms with Crippen molar-refractivity contribution in [3.8, 4) is 11.5 Å². The van der Waals surface area contributed by atoms with Crippen molar-refractivity contribution in [3.05, 3.63) is 35.5 Å². The van der Waals surface area contributed by atoms with E-state index >= 15 is 0 Å². The molecule has 1 aromatic carbocycles. The maximum atomic E-state index is 9.70. The van der Waals surface area contributed by atoms with Crippen LogP contribution in [0.3, 0.4) is 0 Å². The number of aromatic nitrogens is 2. The summed E-state index contributed by atoms with van der Waals surface area (Å²) in [5.74, 6) is 2.13. The first kappa shape index (κ1) is 13.4. The van der Waals surface area contributed by atoms with Crippen LogP contribution in [0.15, 0.2) is 22.7 Å². The zero-order chi connectivity index (χ0) is 13.8. The van der Waals surface area contributed by atoms with Gasteiger partial charge in [0.25, 0.3) is 5.89 Å². The predicted octanol–water partition coefficient (Wildman–Crippen LogP) is 2.02. The molecule has 1 atom stereocenters. The molecule has 19 heavy (non-hydrogen) atoms. The molecule has 0 saturated heterocycles. The number of benzene rings is 1. The third-order valence-corrected chi connectivity index (χ3v) is 2.59. The largest absolute Gasteiger partial charge is 0.497 e. The van der Waals surface area contributed by atoms with Crippen LogP contribution in [-0.2, 0) is 6.61 Å². The smallest absolute Gasteiger partial charge is 0.264 e. The predicted molar refractivity (Wildman–Crippen MR) is 67.0 cm³/mol. The van der Waals surface area contributed by atoms with E-state index in [-0.39, 0.29) is 6.61 Å². The zero-order valence-electron chi connectivity index (χ0n) is 11.1. The first-order valence-corrected chi connectivity index (χ1v) is 5.88. The fraction of sp³-hybridized carbons (Fsp3) is 0.385. The number of rotatable bonds is 5. The molecule has 6 heteroatoms. The van der Waals surface area contributed by atoms with Gasteiger partial charge < -0.3 is 19.1 Å². The Kier molecular flexibility index (Phi) is 4.01. The number of methoxy groups -OCH3 is 1. The number of ether oxygens (including phenoxy) is 2. The Morgan fingerprint density at radius 2 is 2.21 bits per heavy atom. The first-order valence-electron chi connectivity index (χ1n) is 5.88. The summed E-state index contributed by atoms with van der Waals surface area (Å²) in [6.45, 7) is 3.55. The van der Waals surface area contributed by atoms with Crippen LogP contribution in [-0.4, -0.2) is 22.4 Å². The number of nitrogens with zero attached hydrogens (tertiary/aromatic N) is 2. The third-order valence-electron chi connectivity index (χ3n) is 2.59. The van der Waals surface area contributed by atoms with Crippen molar-refractivity contribution < 1.29 is 19.1 Å². The molecule has 1 aromatic heterocycles. The number of hydrogen-bond acceptors (Lipinski definition) is 6. The van der Waals surface area contributed by atoms with Gasteiger partial charge in [0.15, 0.2) is 12.4 Å². The van der Waals surface area contributed by atoms with E-state index in [0.29, 0.717) is 28.8 Å². The summed E-state index contributed by atoms with van der Waals surface area (Å²) in [7, 11) is 1.57. The van der Waals surface area contributed by atoms with E-state index in [4.69, 9.17) is 14.0 Å². The van der Waals surface area contributed by atoms with Crippen LogP contribution < -0.4 is 9.47 Å². The lowest BCUT2D eigenvalue weighted by Crippen LogP contribution is -2.02. The molecule has 1 N–H and O–H groups in total. The Bertz CT molecular complexity index is 551. The van der Waals surface area contributed by atoms with Crippen molar-refractivity contribution in [2.24, 2.45) is 0 Å². The summed E-state index contributed by atoms with van der Waals surface area (Å²) in [5.41, 5.74) is 0.678. The Balaban J connectivity index is 2.17. The lowest BCUT2D eigenvalue weighted by atomic mass is 10.1. The van der Waals surface area contributed by atoms with E-state index in [0.717, 1.165) is 0 Å². The Hall–Kier alpha value is -2.08. The number of aliphatic hydroxyl groups excluding tert-OH is 1. The average molecular weight is 264 g/mol. The minimum absolute atomic E-state index is 0.147. The Labute approximate surface area is 111 Å². The molecule has 0 fully saturated rings. The molecule has 0 aliphatic carbocycles. The Morgan fingerprint density at radius 3 is 2.79 bits per heavy atom. The highest BCUT2D eigenvalue weighted by atomic mass is 16.5. The standard InChI is InChI=1S/C13H16N2O4/c1-8(16)11-5-4-10(17-3)6-12(11)18-7-13-14-9(2)15-19-13/h4-6,8,16H,7H2,1-3H3/t8-/m0/s1. The van der Waals surface area contributed by atoms with Gasteiger partial charge >= 0.3 is 0 Å². The lowest BCUT2D eigenvalue weighted by molar-refractivity contribution is 0.185. The van der Waals surface area contributed by atoms with Gasteiger partial charge in [0, 0.05) is 11.6 Å². The van der Waals surface area contributed by atoms with Crippen LogP contribution in [0.4, 0.5) is 0 Å². The molecule has 0 amide bonds. The minimum atomic E-state index is -0.634. The van der Waals surface area contributed by atoms with Crippen LogP contribution in [0.2, 0.25) is 0 Å². The lowest BCUT2D eigenvalue weighted by Gasteiger charge is -2.13. The van der Waals surface area contributed by atoms with Gasteiger partial charge in [0.05, 0.1) is 13.2 Å². The summed E-state index contributed by atoms with van der Waals surface area (Å²) < 4.78 is 15.7. The van der Waals surface area contributed by atoms with Gasteiger partial charge in [0.2, 0.25) is 0 Å². The number of aryl methyl sites for hydroxylation is 1. The van der Waals surface area contributed by atoms with E-state index in [1.165, 1.54) is 0 Å². The molecule has 0 spiro atoms. The van der Waals surface area contributed by atoms with Crippen LogP contribution in [0, 0.1) is 6.92 Å². The van der Waals surface area contributed by atoms with E-state index in [9.17, 15) is 5.11 Å². The van der Waals surface area contributed by atoms with Crippen molar-refractivity contribution in [1.29, 1.82) is 0 Å². The van der Waals surface area contributed by atoms with Gasteiger partial charge in [0.1, 0.15) is 11.5 Å². The maximum absolute atomic E-state index is 9.70. The molecule has 0 radical (unpaired) electrons. The topological polar surface area (TPSA) is 77.6 Å². The summed E-state index contributed by atoms with van der Waals surface area (Å²) in [5, 5.41) is 13.4. The fourth-order valence-corrected chi connectivity index (χ4v) is 1.65. The van der Waals surface area contributed by atoms with Crippen molar-refractivity contribution in [1.82, 2.24) is 10.1 Å². The molecular formula is C13H16N2O4. The second-order valence-electron chi connectivity index (χ2n) is 4.10. The van der Waals surface area contributed by atoms with Crippen molar-refractivity contribution in [2.75, 3.05) is 7.11 Å². The first-order chi connectivity index (χ1) is 9.10. The third kappa shape index (κ3) is 3.23. The van der Waals surface area contributed by atoms with Gasteiger partial charge in [-0.15, -0.1) is 0 Å². The second-order valence-corrected chi connectivity index (χ2v) is 4.10. The molecule has 0 aliphatic rings. The van der Waals surface area contributed by atoms with Gasteiger partial charge in [-0.25, -0.2) is 0 Å². The molecule has 0 unspecified atom stereocenters. The quantitative estimate of drug-likeness (QED) is 0.890. The molecule has 0 saturated carbocycles. The van der Waals surface area contributed by atoms with Gasteiger partial charge in [-0.05, 0) is 26.0 Å². The Morgan fingerprint density at radius 1 is 1.42 bits per heavy atom. The van der Waals surface area contributed by atoms with Crippen molar-refractivity contribution >= 4 is 0 Å². The normalized spacial score (nSPS) is 12.2. The molecule has 0 aliphatic heterocycles. The molecule has 0 bridgehead atoms. The molecule has 2 rings (SSSR count). The van der Waals surface area contributed by atoms with Crippen LogP contribution >= 0.6 is 0 Å². The highest BCUT2D eigenvalue weighted by Gasteiger charge is 2.12. The molecular weight excluding hydrogens is 248 g/mol. The zero-order valence-corrected chi connectivity index (χ0v) is 11.1. The minimum Gasteiger partial charge on any atom is -0.497 e. The van der Waals surface area contributed by atoms with Crippen LogP contribution in [0.5, 0.6) is 11.5 Å². The van der Waals surface area contributed by atoms with Gasteiger partial charge in [-0.3, -0.25) is 0 Å². The summed E-state index contributed by atoms with van der Waals surface area (Å²) >= 11 is 0. The van der Waals surface area contributed by atoms with Gasteiger partial charge in [-0.2, -0.15) is 4.98 Å². The van der Waals surface area contributed by atoms with E-state index in [2.05, 4.69) is 10.1 Å². The van der Waals surface area contributed by atoms with Crippen LogP contribution in [0.1, 0.15) is 30.3 Å². The van der Waals surface area contributed by atoms with Gasteiger partial charge in [-0.1, -0.05) is 5.16 Å². The summed E-state index contributed by atoms with van der Waals surface area (Å²) in [6.07, 6.45) is -0.634. The summed E-state index contributed by atoms with van der Waals surface area (Å²) in [4.78, 5) is 4.05. The highest BCUT2D eigenvalue weighted by Crippen LogP contribution is 2.30. The molecule has 2 aromatic rings. The van der Waals surface area contributed by atoms with E-state index in [1.54, 1.807) is 39.2 Å². The molecule has 6 nitrogen and oxygen atoms in total. The second kappa shape index (κ2) is 5.71. The monoisotopic (exact) mass is 264 g/mol. The van der Waals surface area contributed by atoms with E-state index in [1.807, 2.05) is 0 Å². The van der Waals surface area contributed by atoms with Crippen molar-refractivity contribution in [3.63, 3.8) is 0 Å². The van der Waals surface area contributed by atoms with Crippen LogP contribution in [0.25, 0.3) is 0 Å².